The molecule has 1 unspecified atom stereocenters. The van der Waals surface area contributed by atoms with Crippen LogP contribution in [0.3, 0.4) is 0 Å². The number of hydrogen-bond donors (Lipinski definition) is 0. The number of aryl methyl sites for hydroxylation is 1. The van der Waals surface area contributed by atoms with Crippen LogP contribution >= 0.6 is 0 Å². The van der Waals surface area contributed by atoms with Crippen LogP contribution in [0.25, 0.3) is 5.65 Å². The van der Waals surface area contributed by atoms with Gasteiger partial charge in [-0.25, -0.2) is 13.9 Å². The Kier molecular flexibility index (Phi) is 4.78. The molecule has 0 saturated heterocycles. The summed E-state index contributed by atoms with van der Waals surface area (Å²) in [7, 11) is 0. The van der Waals surface area contributed by atoms with Crippen molar-refractivity contribution >= 4 is 5.65 Å². The summed E-state index contributed by atoms with van der Waals surface area (Å²) in [4.78, 5) is 4.77. The summed E-state index contributed by atoms with van der Waals surface area (Å²) in [6, 6.07) is 2.00. The monoisotopic (exact) mass is 343 g/mol. The van der Waals surface area contributed by atoms with E-state index >= 15 is 0 Å². The molecule has 5 nitrogen and oxygen atoms in total. The highest BCUT2D eigenvalue weighted by molar-refractivity contribution is 5.51. The van der Waals surface area contributed by atoms with Gasteiger partial charge in [-0.2, -0.15) is 5.10 Å². The van der Waals surface area contributed by atoms with Gasteiger partial charge in [0.15, 0.2) is 5.65 Å². The van der Waals surface area contributed by atoms with Gasteiger partial charge in [0, 0.05) is 55.5 Å². The number of allylic oxidation sites excluding steroid dienone is 4. The normalized spacial score (nSPS) is 22.4. The molecule has 4 rings (SSSR count). The highest BCUT2D eigenvalue weighted by atomic mass is 19.1. The Labute approximate surface area is 146 Å². The van der Waals surface area contributed by atoms with Crippen LogP contribution in [0, 0.1) is 0 Å². The number of aromatic nitrogens is 3. The molecule has 2 aromatic rings. The van der Waals surface area contributed by atoms with E-state index in [2.05, 4.69) is 5.10 Å². The smallest absolute Gasteiger partial charge is 0.158 e. The van der Waals surface area contributed by atoms with E-state index < -0.39 is 0 Å². The lowest BCUT2D eigenvalue weighted by atomic mass is 9.93. The second kappa shape index (κ2) is 7.35. The van der Waals surface area contributed by atoms with Gasteiger partial charge >= 0.3 is 0 Å². The highest BCUT2D eigenvalue weighted by Crippen LogP contribution is 2.34. The van der Waals surface area contributed by atoms with Gasteiger partial charge < -0.3 is 9.47 Å². The molecule has 2 aromatic heterocycles. The number of halogens is 1. The summed E-state index contributed by atoms with van der Waals surface area (Å²) < 4.78 is 27.2. The topological polar surface area (TPSA) is 48.7 Å². The van der Waals surface area contributed by atoms with Crippen LogP contribution in [-0.2, 0) is 15.9 Å². The summed E-state index contributed by atoms with van der Waals surface area (Å²) in [5, 5.41) is 4.38. The van der Waals surface area contributed by atoms with Gasteiger partial charge in [-0.05, 0) is 31.4 Å². The fraction of sp³-hybridized carbons (Fsp3) is 0.474. The van der Waals surface area contributed by atoms with Crippen LogP contribution in [0.4, 0.5) is 4.39 Å². The minimum Gasteiger partial charge on any atom is -0.498 e. The van der Waals surface area contributed by atoms with Crippen LogP contribution in [0.2, 0.25) is 0 Å². The lowest BCUT2D eigenvalue weighted by Gasteiger charge is -2.19. The first-order valence-corrected chi connectivity index (χ1v) is 8.91. The minimum atomic E-state index is -0.265. The standard InChI is InChI=1S/C19H22FN3O2/c20-15-10-14-11-17(12-15)25-9-3-8-24-7-2-1-4-16-5-6-23-19(22-16)18(14)13-21-23/h5-6,10,12-14H,1-4,7-9,11H2. The van der Waals surface area contributed by atoms with E-state index in [9.17, 15) is 4.39 Å². The molecule has 0 N–H and O–H groups in total. The average Bonchev–Trinajstić information content (AvgIpc) is 3.02. The molecule has 0 spiro atoms. The van der Waals surface area contributed by atoms with Crippen molar-refractivity contribution in [2.24, 2.45) is 0 Å². The van der Waals surface area contributed by atoms with E-state index in [0.29, 0.717) is 25.4 Å². The predicted molar refractivity (Wildman–Crippen MR) is 91.9 cm³/mol. The van der Waals surface area contributed by atoms with E-state index in [1.54, 1.807) is 16.8 Å². The third-order valence-electron chi connectivity index (χ3n) is 4.63. The fourth-order valence-electron chi connectivity index (χ4n) is 3.33. The predicted octanol–water partition coefficient (Wildman–Crippen LogP) is 3.71. The molecule has 0 amide bonds. The number of hydrogen-bond acceptors (Lipinski definition) is 4. The molecule has 2 aliphatic rings. The number of fused-ring (bicyclic) bond motifs is 4. The molecule has 6 heteroatoms. The van der Waals surface area contributed by atoms with Crippen molar-refractivity contribution in [1.29, 1.82) is 0 Å². The zero-order valence-corrected chi connectivity index (χ0v) is 14.2. The minimum absolute atomic E-state index is 0.107. The zero-order valence-electron chi connectivity index (χ0n) is 14.2. The maximum absolute atomic E-state index is 14.1. The summed E-state index contributed by atoms with van der Waals surface area (Å²) in [6.45, 7) is 1.97. The van der Waals surface area contributed by atoms with Gasteiger partial charge in [-0.3, -0.25) is 0 Å². The van der Waals surface area contributed by atoms with E-state index in [1.807, 2.05) is 12.3 Å². The van der Waals surface area contributed by atoms with Crippen LogP contribution in [0.5, 0.6) is 0 Å². The van der Waals surface area contributed by atoms with Crippen LogP contribution in [-0.4, -0.2) is 34.4 Å². The largest absolute Gasteiger partial charge is 0.498 e. The Morgan fingerprint density at radius 2 is 2.08 bits per heavy atom. The second-order valence-electron chi connectivity index (χ2n) is 6.53. The van der Waals surface area contributed by atoms with E-state index in [1.165, 1.54) is 6.08 Å². The lowest BCUT2D eigenvalue weighted by Crippen LogP contribution is -2.09. The highest BCUT2D eigenvalue weighted by Gasteiger charge is 2.22. The van der Waals surface area contributed by atoms with E-state index in [4.69, 9.17) is 14.5 Å². The molecule has 1 aliphatic carbocycles. The van der Waals surface area contributed by atoms with Crippen molar-refractivity contribution in [3.63, 3.8) is 0 Å². The second-order valence-corrected chi connectivity index (χ2v) is 6.53. The third kappa shape index (κ3) is 3.74. The SMILES string of the molecule is FC1=CC2CC(=C1)OCCCOCCCCc1ccn3ncc2c3n1. The van der Waals surface area contributed by atoms with Gasteiger partial charge in [0.05, 0.1) is 18.6 Å². The Morgan fingerprint density at radius 3 is 3.04 bits per heavy atom. The summed E-state index contributed by atoms with van der Waals surface area (Å²) in [5.74, 6) is 0.302. The number of rotatable bonds is 0. The van der Waals surface area contributed by atoms with Crippen molar-refractivity contribution in [2.75, 3.05) is 19.8 Å². The summed E-state index contributed by atoms with van der Waals surface area (Å²) in [5.41, 5.74) is 2.78. The van der Waals surface area contributed by atoms with E-state index in [0.717, 1.165) is 49.2 Å². The van der Waals surface area contributed by atoms with Crippen molar-refractivity contribution in [1.82, 2.24) is 14.6 Å². The summed E-state index contributed by atoms with van der Waals surface area (Å²) >= 11 is 0. The van der Waals surface area contributed by atoms with Gasteiger partial charge in [0.25, 0.3) is 0 Å². The first-order valence-electron chi connectivity index (χ1n) is 8.91. The Morgan fingerprint density at radius 1 is 1.16 bits per heavy atom. The molecule has 1 aliphatic heterocycles. The maximum Gasteiger partial charge on any atom is 0.158 e. The first kappa shape index (κ1) is 16.3. The first-order chi connectivity index (χ1) is 12.3. The lowest BCUT2D eigenvalue weighted by molar-refractivity contribution is 0.101. The van der Waals surface area contributed by atoms with Gasteiger partial charge in [-0.15, -0.1) is 0 Å². The molecular weight excluding hydrogens is 321 g/mol. The molecule has 25 heavy (non-hydrogen) atoms. The Hall–Kier alpha value is -2.21. The molecular formula is C19H22FN3O2. The molecule has 0 saturated carbocycles. The quantitative estimate of drug-likeness (QED) is 0.732. The van der Waals surface area contributed by atoms with Crippen LogP contribution in [0.1, 0.15) is 42.9 Å². The Bertz CT molecular complexity index is 812. The average molecular weight is 343 g/mol. The molecule has 0 fully saturated rings. The molecule has 132 valence electrons. The summed E-state index contributed by atoms with van der Waals surface area (Å²) in [6.07, 6.45) is 11.2. The molecule has 4 bridgehead atoms. The number of ether oxygens (including phenoxy) is 2. The maximum atomic E-state index is 14.1. The van der Waals surface area contributed by atoms with Crippen molar-refractivity contribution in [2.45, 2.75) is 38.0 Å². The van der Waals surface area contributed by atoms with Gasteiger partial charge in [0.2, 0.25) is 0 Å². The molecule has 0 aromatic carbocycles. The fourth-order valence-corrected chi connectivity index (χ4v) is 3.33. The number of nitrogens with zero attached hydrogens (tertiary/aromatic N) is 3. The van der Waals surface area contributed by atoms with Gasteiger partial charge in [0.1, 0.15) is 5.83 Å². The molecule has 1 atom stereocenters. The Balaban J connectivity index is 1.67. The third-order valence-corrected chi connectivity index (χ3v) is 4.63. The van der Waals surface area contributed by atoms with Gasteiger partial charge in [-0.1, -0.05) is 0 Å². The molecule has 0 radical (unpaired) electrons. The zero-order chi connectivity index (χ0) is 17.1. The van der Waals surface area contributed by atoms with E-state index in [-0.39, 0.29) is 11.7 Å². The van der Waals surface area contributed by atoms with Crippen LogP contribution in [0.15, 0.2) is 42.2 Å². The van der Waals surface area contributed by atoms with Crippen molar-refractivity contribution < 1.29 is 13.9 Å². The van der Waals surface area contributed by atoms with Crippen molar-refractivity contribution in [3.05, 3.63) is 53.5 Å². The van der Waals surface area contributed by atoms with Crippen LogP contribution < -0.4 is 0 Å². The molecule has 3 heterocycles. The van der Waals surface area contributed by atoms with Crippen molar-refractivity contribution in [3.8, 4) is 0 Å².